The first kappa shape index (κ1) is 7.21. The number of rotatable bonds is 2. The molecule has 4 heteroatoms. The van der Waals surface area contributed by atoms with Crippen LogP contribution in [0.2, 0.25) is 0 Å². The topological polar surface area (TPSA) is 42.0 Å². The minimum absolute atomic E-state index is 0.00519. The van der Waals surface area contributed by atoms with Crippen LogP contribution in [0, 0.1) is 0 Å². The number of carbonyl (C=O) groups excluding carboxylic acids is 1. The minimum Gasteiger partial charge on any atom is -0.378 e. The second-order valence-corrected chi connectivity index (χ2v) is 2.69. The number of aromatic nitrogens is 1. The SMILES string of the molecule is CNc1scnc1C(C)=O. The molecule has 0 aromatic carbocycles. The van der Waals surface area contributed by atoms with Crippen molar-refractivity contribution in [3.8, 4) is 0 Å². The van der Waals surface area contributed by atoms with Gasteiger partial charge in [-0.3, -0.25) is 4.79 Å². The molecule has 0 aliphatic heterocycles. The van der Waals surface area contributed by atoms with Gasteiger partial charge in [0.15, 0.2) is 5.78 Å². The van der Waals surface area contributed by atoms with Crippen molar-refractivity contribution in [2.24, 2.45) is 0 Å². The van der Waals surface area contributed by atoms with E-state index < -0.39 is 0 Å². The molecular formula is C6H8N2OS. The molecule has 3 nitrogen and oxygen atoms in total. The molecule has 0 unspecified atom stereocenters. The van der Waals surface area contributed by atoms with E-state index in [9.17, 15) is 4.79 Å². The Kier molecular flexibility index (Phi) is 2.01. The maximum atomic E-state index is 10.8. The van der Waals surface area contributed by atoms with Gasteiger partial charge in [-0.15, -0.1) is 11.3 Å². The van der Waals surface area contributed by atoms with E-state index in [1.54, 1.807) is 12.6 Å². The molecule has 0 aliphatic rings. The van der Waals surface area contributed by atoms with E-state index >= 15 is 0 Å². The molecule has 0 aliphatic carbocycles. The molecule has 0 atom stereocenters. The number of nitrogens with one attached hydrogen (secondary N) is 1. The zero-order valence-corrected chi connectivity index (χ0v) is 6.66. The van der Waals surface area contributed by atoms with Crippen LogP contribution >= 0.6 is 11.3 Å². The molecule has 0 amide bonds. The van der Waals surface area contributed by atoms with Gasteiger partial charge >= 0.3 is 0 Å². The Morgan fingerprint density at radius 2 is 2.50 bits per heavy atom. The van der Waals surface area contributed by atoms with Crippen LogP contribution in [0.5, 0.6) is 0 Å². The predicted octanol–water partition coefficient (Wildman–Crippen LogP) is 1.39. The average molecular weight is 156 g/mol. The van der Waals surface area contributed by atoms with Gasteiger partial charge in [-0.1, -0.05) is 0 Å². The molecule has 0 spiro atoms. The quantitative estimate of drug-likeness (QED) is 0.658. The Balaban J connectivity index is 3.01. The van der Waals surface area contributed by atoms with Crippen molar-refractivity contribution in [2.75, 3.05) is 12.4 Å². The fourth-order valence-corrected chi connectivity index (χ4v) is 1.36. The molecule has 1 heterocycles. The summed E-state index contributed by atoms with van der Waals surface area (Å²) in [5, 5.41) is 3.73. The van der Waals surface area contributed by atoms with Crippen LogP contribution in [-0.4, -0.2) is 17.8 Å². The number of ketones is 1. The van der Waals surface area contributed by atoms with Crippen molar-refractivity contribution in [3.63, 3.8) is 0 Å². The third kappa shape index (κ3) is 1.16. The summed E-state index contributed by atoms with van der Waals surface area (Å²) in [5.74, 6) is 0.00519. The Labute approximate surface area is 63.1 Å². The summed E-state index contributed by atoms with van der Waals surface area (Å²) in [7, 11) is 1.78. The second kappa shape index (κ2) is 2.79. The monoisotopic (exact) mass is 156 g/mol. The van der Waals surface area contributed by atoms with Crippen LogP contribution in [0.4, 0.5) is 5.00 Å². The largest absolute Gasteiger partial charge is 0.378 e. The first-order chi connectivity index (χ1) is 4.75. The van der Waals surface area contributed by atoms with Crippen LogP contribution in [-0.2, 0) is 0 Å². The first-order valence-electron chi connectivity index (χ1n) is 2.88. The fraction of sp³-hybridized carbons (Fsp3) is 0.333. The number of thiazole rings is 1. The van der Waals surface area contributed by atoms with Crippen molar-refractivity contribution in [2.45, 2.75) is 6.92 Å². The lowest BCUT2D eigenvalue weighted by molar-refractivity contribution is 0.101. The summed E-state index contributed by atoms with van der Waals surface area (Å²) in [6.07, 6.45) is 0. The standard InChI is InChI=1S/C6H8N2OS/c1-4(9)5-6(7-2)10-3-8-5/h3,7H,1-2H3. The van der Waals surface area contributed by atoms with E-state index in [-0.39, 0.29) is 5.78 Å². The van der Waals surface area contributed by atoms with Crippen molar-refractivity contribution < 1.29 is 4.79 Å². The lowest BCUT2D eigenvalue weighted by Gasteiger charge is -1.93. The highest BCUT2D eigenvalue weighted by Crippen LogP contribution is 2.18. The molecular weight excluding hydrogens is 148 g/mol. The molecule has 0 radical (unpaired) electrons. The first-order valence-corrected chi connectivity index (χ1v) is 3.76. The van der Waals surface area contributed by atoms with E-state index in [0.717, 1.165) is 5.00 Å². The molecule has 1 aromatic rings. The normalized spacial score (nSPS) is 9.40. The van der Waals surface area contributed by atoms with Crippen LogP contribution < -0.4 is 5.32 Å². The van der Waals surface area contributed by atoms with Gasteiger partial charge in [-0.25, -0.2) is 4.98 Å². The van der Waals surface area contributed by atoms with Crippen LogP contribution in [0.15, 0.2) is 5.51 Å². The van der Waals surface area contributed by atoms with E-state index in [1.165, 1.54) is 18.3 Å². The lowest BCUT2D eigenvalue weighted by Crippen LogP contribution is -1.97. The maximum Gasteiger partial charge on any atom is 0.181 e. The summed E-state index contributed by atoms with van der Waals surface area (Å²) in [5.41, 5.74) is 2.19. The average Bonchev–Trinajstić information content (AvgIpc) is 2.33. The van der Waals surface area contributed by atoms with E-state index in [2.05, 4.69) is 10.3 Å². The Morgan fingerprint density at radius 3 is 2.90 bits per heavy atom. The lowest BCUT2D eigenvalue weighted by atomic mass is 10.3. The summed E-state index contributed by atoms with van der Waals surface area (Å²) in [6.45, 7) is 1.51. The molecule has 0 bridgehead atoms. The number of hydrogen-bond acceptors (Lipinski definition) is 4. The van der Waals surface area contributed by atoms with Crippen molar-refractivity contribution >= 4 is 22.1 Å². The van der Waals surface area contributed by atoms with Gasteiger partial charge in [0, 0.05) is 14.0 Å². The Bertz CT molecular complexity index is 244. The maximum absolute atomic E-state index is 10.8. The highest BCUT2D eigenvalue weighted by molar-refractivity contribution is 7.14. The highest BCUT2D eigenvalue weighted by Gasteiger charge is 2.07. The Hall–Kier alpha value is -0.900. The van der Waals surface area contributed by atoms with Gasteiger partial charge in [0.1, 0.15) is 10.7 Å². The van der Waals surface area contributed by atoms with Gasteiger partial charge in [-0.05, 0) is 0 Å². The van der Waals surface area contributed by atoms with Crippen LogP contribution in [0.3, 0.4) is 0 Å². The van der Waals surface area contributed by atoms with Crippen LogP contribution in [0.25, 0.3) is 0 Å². The van der Waals surface area contributed by atoms with Gasteiger partial charge in [-0.2, -0.15) is 0 Å². The smallest absolute Gasteiger partial charge is 0.181 e. The van der Waals surface area contributed by atoms with Crippen molar-refractivity contribution in [1.82, 2.24) is 4.98 Å². The molecule has 10 heavy (non-hydrogen) atoms. The predicted molar refractivity (Wildman–Crippen MR) is 41.7 cm³/mol. The molecule has 54 valence electrons. The van der Waals surface area contributed by atoms with Gasteiger partial charge in [0.25, 0.3) is 0 Å². The molecule has 1 aromatic heterocycles. The van der Waals surface area contributed by atoms with Gasteiger partial charge in [0.05, 0.1) is 5.51 Å². The molecule has 1 rings (SSSR count). The molecule has 0 saturated heterocycles. The van der Waals surface area contributed by atoms with Gasteiger partial charge < -0.3 is 5.32 Å². The zero-order valence-electron chi connectivity index (χ0n) is 5.84. The summed E-state index contributed by atoms with van der Waals surface area (Å²) in [4.78, 5) is 14.7. The molecule has 0 fully saturated rings. The summed E-state index contributed by atoms with van der Waals surface area (Å²) < 4.78 is 0. The van der Waals surface area contributed by atoms with E-state index in [4.69, 9.17) is 0 Å². The molecule has 1 N–H and O–H groups in total. The van der Waals surface area contributed by atoms with Gasteiger partial charge in [0.2, 0.25) is 0 Å². The zero-order chi connectivity index (χ0) is 7.56. The summed E-state index contributed by atoms with van der Waals surface area (Å²) >= 11 is 1.43. The van der Waals surface area contributed by atoms with Crippen LogP contribution in [0.1, 0.15) is 17.4 Å². The molecule has 0 saturated carbocycles. The number of Topliss-reactive ketones (excluding diaryl/α,β-unsaturated/α-hetero) is 1. The third-order valence-corrected chi connectivity index (χ3v) is 1.97. The number of anilines is 1. The van der Waals surface area contributed by atoms with Crippen molar-refractivity contribution in [1.29, 1.82) is 0 Å². The minimum atomic E-state index is 0.00519. The number of hydrogen-bond donors (Lipinski definition) is 1. The number of carbonyl (C=O) groups is 1. The highest BCUT2D eigenvalue weighted by atomic mass is 32.1. The number of nitrogens with zero attached hydrogens (tertiary/aromatic N) is 1. The summed E-state index contributed by atoms with van der Waals surface area (Å²) in [6, 6.07) is 0. The van der Waals surface area contributed by atoms with E-state index in [1.807, 2.05) is 0 Å². The fourth-order valence-electron chi connectivity index (χ4n) is 0.674. The van der Waals surface area contributed by atoms with Crippen molar-refractivity contribution in [3.05, 3.63) is 11.2 Å². The Morgan fingerprint density at radius 1 is 1.80 bits per heavy atom. The second-order valence-electron chi connectivity index (χ2n) is 1.84. The third-order valence-electron chi connectivity index (χ3n) is 1.13. The van der Waals surface area contributed by atoms with E-state index in [0.29, 0.717) is 5.69 Å².